The number of hydrogen-bond acceptors (Lipinski definition) is 6. The molecule has 0 bridgehead atoms. The van der Waals surface area contributed by atoms with Gasteiger partial charge in [-0.25, -0.2) is 4.98 Å². The van der Waals surface area contributed by atoms with Crippen LogP contribution in [-0.2, 0) is 16.1 Å². The van der Waals surface area contributed by atoms with Crippen molar-refractivity contribution in [2.75, 3.05) is 6.54 Å². The third kappa shape index (κ3) is 4.56. The highest BCUT2D eigenvalue weighted by molar-refractivity contribution is 9.10. The fourth-order valence-electron chi connectivity index (χ4n) is 3.84. The highest BCUT2D eigenvalue weighted by Crippen LogP contribution is 2.40. The summed E-state index contributed by atoms with van der Waals surface area (Å²) in [4.78, 5) is 41.9. The van der Waals surface area contributed by atoms with Gasteiger partial charge in [0.05, 0.1) is 22.9 Å². The Kier molecular flexibility index (Phi) is 6.36. The molecule has 0 radical (unpaired) electrons. The molecule has 10 heteroatoms. The minimum atomic E-state index is -0.864. The quantitative estimate of drug-likeness (QED) is 0.168. The molecule has 1 aromatic heterocycles. The van der Waals surface area contributed by atoms with Crippen LogP contribution in [0.3, 0.4) is 0 Å². The summed E-state index contributed by atoms with van der Waals surface area (Å²) in [5.41, 5.74) is 0.741. The average Bonchev–Trinajstić information content (AvgIpc) is 3.41. The maximum Gasteiger partial charge on any atom is 0.295 e. The normalized spacial score (nSPS) is 17.5. The topological polar surface area (TPSA) is 119 Å². The molecule has 4 rings (SSSR count). The van der Waals surface area contributed by atoms with Crippen LogP contribution in [0.4, 0.5) is 5.69 Å². The summed E-state index contributed by atoms with van der Waals surface area (Å²) in [6.07, 6.45) is 5.66. The lowest BCUT2D eigenvalue weighted by Gasteiger charge is -2.25. The third-order valence-electron chi connectivity index (χ3n) is 5.45. The summed E-state index contributed by atoms with van der Waals surface area (Å²) in [6, 6.07) is 11.5. The lowest BCUT2D eigenvalue weighted by atomic mass is 9.95. The van der Waals surface area contributed by atoms with Gasteiger partial charge in [-0.3, -0.25) is 19.7 Å². The Balaban J connectivity index is 1.74. The van der Waals surface area contributed by atoms with Crippen molar-refractivity contribution in [3.05, 3.63) is 98.5 Å². The van der Waals surface area contributed by atoms with E-state index in [1.807, 2.05) is 4.57 Å². The van der Waals surface area contributed by atoms with E-state index in [-0.39, 0.29) is 23.6 Å². The highest BCUT2D eigenvalue weighted by Gasteiger charge is 2.45. The molecule has 0 aliphatic carbocycles. The molecule has 0 saturated carbocycles. The van der Waals surface area contributed by atoms with Crippen LogP contribution in [0.25, 0.3) is 5.76 Å². The van der Waals surface area contributed by atoms with Gasteiger partial charge in [0.25, 0.3) is 17.4 Å². The van der Waals surface area contributed by atoms with Crippen LogP contribution in [-0.4, -0.2) is 42.7 Å². The number of non-ortho nitro benzene ring substituents is 1. The summed E-state index contributed by atoms with van der Waals surface area (Å²) >= 11 is 3.33. The number of aryl methyl sites for hydroxylation is 1. The maximum absolute atomic E-state index is 13.0. The fourth-order valence-corrected chi connectivity index (χ4v) is 4.11. The monoisotopic (exact) mass is 510 g/mol. The van der Waals surface area contributed by atoms with Gasteiger partial charge in [0, 0.05) is 47.7 Å². The van der Waals surface area contributed by atoms with E-state index in [2.05, 4.69) is 20.9 Å². The molecule has 1 fully saturated rings. The molecular weight excluding hydrogens is 492 g/mol. The number of nitro benzene ring substituents is 1. The molecule has 2 heterocycles. The Labute approximate surface area is 197 Å². The zero-order valence-electron chi connectivity index (χ0n) is 17.3. The number of amides is 1. The van der Waals surface area contributed by atoms with E-state index < -0.39 is 22.7 Å². The second kappa shape index (κ2) is 9.37. The Hall–Kier alpha value is -3.79. The molecule has 1 amide bonds. The van der Waals surface area contributed by atoms with Crippen molar-refractivity contribution < 1.29 is 19.6 Å². The lowest BCUT2D eigenvalue weighted by molar-refractivity contribution is -0.384. The maximum atomic E-state index is 13.0. The van der Waals surface area contributed by atoms with Crippen molar-refractivity contribution in [3.8, 4) is 0 Å². The van der Waals surface area contributed by atoms with E-state index in [1.54, 1.807) is 43.0 Å². The number of halogens is 1. The third-order valence-corrected chi connectivity index (χ3v) is 5.98. The number of nitro groups is 1. The van der Waals surface area contributed by atoms with Crippen molar-refractivity contribution in [2.24, 2.45) is 0 Å². The van der Waals surface area contributed by atoms with Gasteiger partial charge in [-0.15, -0.1) is 0 Å². The molecule has 9 nitrogen and oxygen atoms in total. The van der Waals surface area contributed by atoms with Crippen LogP contribution < -0.4 is 0 Å². The molecule has 0 unspecified atom stereocenters. The number of aromatic nitrogens is 2. The number of imidazole rings is 1. The zero-order chi connectivity index (χ0) is 23.5. The molecule has 1 saturated heterocycles. The van der Waals surface area contributed by atoms with Crippen molar-refractivity contribution in [1.29, 1.82) is 0 Å². The number of carbonyl (C=O) groups is 2. The molecule has 2 aromatic carbocycles. The first-order valence-corrected chi connectivity index (χ1v) is 10.9. The lowest BCUT2D eigenvalue weighted by Crippen LogP contribution is -2.31. The summed E-state index contributed by atoms with van der Waals surface area (Å²) < 4.78 is 2.66. The number of aliphatic hydroxyl groups excluding tert-OH is 1. The van der Waals surface area contributed by atoms with Crippen molar-refractivity contribution in [2.45, 2.75) is 19.0 Å². The largest absolute Gasteiger partial charge is 0.507 e. The van der Waals surface area contributed by atoms with Crippen molar-refractivity contribution >= 4 is 39.1 Å². The number of Topliss-reactive ketones (excluding diaryl/α,β-unsaturated/α-hetero) is 1. The van der Waals surface area contributed by atoms with Gasteiger partial charge < -0.3 is 14.6 Å². The number of nitrogens with zero attached hydrogens (tertiary/aromatic N) is 4. The van der Waals surface area contributed by atoms with E-state index in [4.69, 9.17) is 0 Å². The minimum absolute atomic E-state index is 0.0428. The molecule has 168 valence electrons. The van der Waals surface area contributed by atoms with Gasteiger partial charge in [0.1, 0.15) is 5.76 Å². The molecule has 1 aliphatic rings. The number of carbonyl (C=O) groups excluding carboxylic acids is 2. The number of ketones is 1. The predicted molar refractivity (Wildman–Crippen MR) is 123 cm³/mol. The molecular formula is C23H19BrN4O5. The molecule has 3 aromatic rings. The molecule has 1 atom stereocenters. The van der Waals surface area contributed by atoms with Crippen LogP contribution in [0.15, 0.2) is 77.3 Å². The summed E-state index contributed by atoms with van der Waals surface area (Å²) in [7, 11) is 0. The van der Waals surface area contributed by atoms with Crippen LogP contribution in [0, 0.1) is 10.1 Å². The number of hydrogen-bond donors (Lipinski definition) is 1. The molecule has 0 spiro atoms. The number of likely N-dealkylation sites (tertiary alicyclic amines) is 1. The van der Waals surface area contributed by atoms with E-state index in [0.29, 0.717) is 24.1 Å². The van der Waals surface area contributed by atoms with E-state index >= 15 is 0 Å². The first kappa shape index (κ1) is 22.4. The van der Waals surface area contributed by atoms with E-state index in [9.17, 15) is 24.8 Å². The smallest absolute Gasteiger partial charge is 0.295 e. The summed E-state index contributed by atoms with van der Waals surface area (Å²) in [6.45, 7) is 0.838. The number of aliphatic hydroxyl groups is 1. The summed E-state index contributed by atoms with van der Waals surface area (Å²) in [5.74, 6) is -1.80. The first-order valence-electron chi connectivity index (χ1n) is 10.1. The average molecular weight is 511 g/mol. The Morgan fingerprint density at radius 2 is 1.79 bits per heavy atom. The van der Waals surface area contributed by atoms with Gasteiger partial charge >= 0.3 is 0 Å². The fraction of sp³-hybridized carbons (Fsp3) is 0.174. The SMILES string of the molecule is O=C1C(=O)N(CCCn2ccnc2)[C@H](c2ccc([N+](=O)[O-])cc2)/C1=C(\O)c1ccc(Br)cc1. The molecule has 1 N–H and O–H groups in total. The van der Waals surface area contributed by atoms with Crippen LogP contribution >= 0.6 is 15.9 Å². The number of rotatable bonds is 7. The highest BCUT2D eigenvalue weighted by atomic mass is 79.9. The second-order valence-corrected chi connectivity index (χ2v) is 8.42. The van der Waals surface area contributed by atoms with E-state index in [1.165, 1.54) is 29.2 Å². The van der Waals surface area contributed by atoms with Crippen LogP contribution in [0.5, 0.6) is 0 Å². The Bertz CT molecular complexity index is 1220. The Morgan fingerprint density at radius 3 is 2.39 bits per heavy atom. The van der Waals surface area contributed by atoms with Crippen LogP contribution in [0.2, 0.25) is 0 Å². The van der Waals surface area contributed by atoms with Gasteiger partial charge in [-0.1, -0.05) is 28.1 Å². The Morgan fingerprint density at radius 1 is 1.09 bits per heavy atom. The number of benzene rings is 2. The first-order chi connectivity index (χ1) is 15.9. The minimum Gasteiger partial charge on any atom is -0.507 e. The van der Waals surface area contributed by atoms with Crippen molar-refractivity contribution in [1.82, 2.24) is 14.5 Å². The van der Waals surface area contributed by atoms with Crippen LogP contribution in [0.1, 0.15) is 23.6 Å². The van der Waals surface area contributed by atoms with Gasteiger partial charge in [0.15, 0.2) is 0 Å². The van der Waals surface area contributed by atoms with E-state index in [0.717, 1.165) is 4.47 Å². The summed E-state index contributed by atoms with van der Waals surface area (Å²) in [5, 5.41) is 22.1. The predicted octanol–water partition coefficient (Wildman–Crippen LogP) is 4.07. The molecule has 1 aliphatic heterocycles. The molecule has 33 heavy (non-hydrogen) atoms. The van der Waals surface area contributed by atoms with Gasteiger partial charge in [-0.2, -0.15) is 0 Å². The standard InChI is InChI=1S/C23H19BrN4O5/c24-17-6-2-16(3-7-17)21(29)19-20(15-4-8-18(9-5-15)28(32)33)27(23(31)22(19)30)12-1-11-26-13-10-25-14-26/h2-10,13-14,20,29H,1,11-12H2/b21-19+/t20-/m1/s1. The second-order valence-electron chi connectivity index (χ2n) is 7.50. The van der Waals surface area contributed by atoms with Crippen molar-refractivity contribution in [3.63, 3.8) is 0 Å². The van der Waals surface area contributed by atoms with Gasteiger partial charge in [-0.05, 0) is 36.2 Å². The zero-order valence-corrected chi connectivity index (χ0v) is 18.9. The van der Waals surface area contributed by atoms with Gasteiger partial charge in [0.2, 0.25) is 0 Å².